The fourth-order valence-corrected chi connectivity index (χ4v) is 4.60. The lowest BCUT2D eigenvalue weighted by Gasteiger charge is -2.24. The van der Waals surface area contributed by atoms with E-state index >= 15 is 0 Å². The summed E-state index contributed by atoms with van der Waals surface area (Å²) in [6.07, 6.45) is 5.92. The van der Waals surface area contributed by atoms with Crippen LogP contribution in [-0.4, -0.2) is 38.0 Å². The highest BCUT2D eigenvalue weighted by atomic mass is 35.5. The summed E-state index contributed by atoms with van der Waals surface area (Å²) in [7, 11) is 0. The quantitative estimate of drug-likeness (QED) is 0.355. The van der Waals surface area contributed by atoms with Crippen molar-refractivity contribution >= 4 is 46.5 Å². The van der Waals surface area contributed by atoms with Crippen molar-refractivity contribution in [2.75, 3.05) is 18.9 Å². The van der Waals surface area contributed by atoms with Crippen LogP contribution in [0, 0.1) is 0 Å². The Hall–Kier alpha value is -2.94. The van der Waals surface area contributed by atoms with E-state index in [2.05, 4.69) is 56.3 Å². The molecule has 9 heteroatoms. The molecular weight excluding hydrogens is 456 g/mol. The van der Waals surface area contributed by atoms with Gasteiger partial charge in [0.15, 0.2) is 0 Å². The second-order valence-electron chi connectivity index (χ2n) is 8.23. The number of benzene rings is 2. The third-order valence-electron chi connectivity index (χ3n) is 6.14. The number of ether oxygens (including phenoxy) is 1. The number of fused-ring (bicyclic) bond motifs is 1. The Bertz CT molecular complexity index is 1280. The molecule has 0 bridgehead atoms. The molecule has 3 heterocycles. The molecule has 1 aliphatic heterocycles. The summed E-state index contributed by atoms with van der Waals surface area (Å²) in [6.45, 7) is 1.59. The number of hydrogen-bond donors (Lipinski definition) is 3. The number of H-pyrrole nitrogens is 1. The number of thiocarbonyl (C=S) groups is 1. The van der Waals surface area contributed by atoms with Crippen molar-refractivity contribution in [2.24, 2.45) is 5.73 Å². The van der Waals surface area contributed by atoms with Crippen LogP contribution in [0.5, 0.6) is 0 Å². The molecule has 2 aromatic carbocycles. The number of aromatic amines is 1. The Morgan fingerprint density at radius 2 is 1.97 bits per heavy atom. The standard InChI is InChI=1S/C24H26N6OS.ClH/c25-23(32)17-3-1-2-16(13-17)20-14-30(18-8-10-31-11-9-18)21-12-15(4-6-19(20)21)5-7-22-27-24(26)29-28-22;/h1-4,6,12-14,18H,5,7-11H2,(H2,25,32)(H3,26,27,28,29);1H. The SMILES string of the molecule is Cl.NC(=S)c1cccc(-c2cn(C3CCOCC3)c3cc(CCc4nc(N)n[nH]4)ccc23)c1. The Kier molecular flexibility index (Phi) is 6.97. The summed E-state index contributed by atoms with van der Waals surface area (Å²) in [5, 5.41) is 8.03. The van der Waals surface area contributed by atoms with E-state index in [9.17, 15) is 0 Å². The minimum Gasteiger partial charge on any atom is -0.389 e. The van der Waals surface area contributed by atoms with Crippen molar-refractivity contribution < 1.29 is 4.74 Å². The molecule has 0 spiro atoms. The van der Waals surface area contributed by atoms with E-state index in [1.54, 1.807) is 0 Å². The number of nitrogens with two attached hydrogens (primary N) is 2. The van der Waals surface area contributed by atoms with Crippen LogP contribution in [0.4, 0.5) is 5.95 Å². The molecule has 0 radical (unpaired) electrons. The van der Waals surface area contributed by atoms with Crippen LogP contribution >= 0.6 is 24.6 Å². The van der Waals surface area contributed by atoms with Crippen molar-refractivity contribution in [3.05, 3.63) is 65.6 Å². The van der Waals surface area contributed by atoms with Gasteiger partial charge in [0.25, 0.3) is 0 Å². The molecule has 0 atom stereocenters. The molecule has 4 aromatic rings. The number of aryl methyl sites for hydroxylation is 2. The molecule has 5 N–H and O–H groups in total. The van der Waals surface area contributed by atoms with Gasteiger partial charge in [0, 0.05) is 53.9 Å². The third-order valence-corrected chi connectivity index (χ3v) is 6.38. The molecule has 2 aromatic heterocycles. The number of nitrogens with one attached hydrogen (secondary N) is 1. The van der Waals surface area contributed by atoms with E-state index in [-0.39, 0.29) is 18.4 Å². The summed E-state index contributed by atoms with van der Waals surface area (Å²) >= 11 is 5.20. The lowest BCUT2D eigenvalue weighted by Crippen LogP contribution is -2.18. The number of nitrogen functional groups attached to an aromatic ring is 1. The smallest absolute Gasteiger partial charge is 0.239 e. The number of nitrogens with zero attached hydrogens (tertiary/aromatic N) is 3. The van der Waals surface area contributed by atoms with Gasteiger partial charge in [-0.25, -0.2) is 0 Å². The van der Waals surface area contributed by atoms with Crippen molar-refractivity contribution in [3.63, 3.8) is 0 Å². The van der Waals surface area contributed by atoms with Crippen LogP contribution in [0.25, 0.3) is 22.0 Å². The highest BCUT2D eigenvalue weighted by molar-refractivity contribution is 7.80. The fraction of sp³-hybridized carbons (Fsp3) is 0.292. The molecule has 1 fully saturated rings. The van der Waals surface area contributed by atoms with E-state index in [1.165, 1.54) is 22.0 Å². The van der Waals surface area contributed by atoms with Gasteiger partial charge in [-0.3, -0.25) is 5.10 Å². The Labute approximate surface area is 203 Å². The summed E-state index contributed by atoms with van der Waals surface area (Å²) in [4.78, 5) is 4.63. The molecule has 1 aliphatic rings. The van der Waals surface area contributed by atoms with E-state index in [0.29, 0.717) is 11.0 Å². The van der Waals surface area contributed by atoms with Gasteiger partial charge in [-0.05, 0) is 42.5 Å². The van der Waals surface area contributed by atoms with Gasteiger partial charge in [-0.15, -0.1) is 17.5 Å². The molecule has 0 unspecified atom stereocenters. The predicted molar refractivity (Wildman–Crippen MR) is 138 cm³/mol. The molecule has 0 amide bonds. The molecule has 7 nitrogen and oxygen atoms in total. The van der Waals surface area contributed by atoms with Gasteiger partial charge in [0.2, 0.25) is 5.95 Å². The number of halogens is 1. The van der Waals surface area contributed by atoms with Crippen LogP contribution in [0.1, 0.15) is 35.8 Å². The van der Waals surface area contributed by atoms with E-state index < -0.39 is 0 Å². The van der Waals surface area contributed by atoms with Crippen LogP contribution < -0.4 is 11.5 Å². The van der Waals surface area contributed by atoms with Gasteiger partial charge >= 0.3 is 0 Å². The number of anilines is 1. The molecule has 172 valence electrons. The van der Waals surface area contributed by atoms with Gasteiger partial charge in [-0.2, -0.15) is 4.98 Å². The summed E-state index contributed by atoms with van der Waals surface area (Å²) in [5.41, 5.74) is 17.2. The van der Waals surface area contributed by atoms with Crippen molar-refractivity contribution in [3.8, 4) is 11.1 Å². The Morgan fingerprint density at radius 1 is 1.15 bits per heavy atom. The van der Waals surface area contributed by atoms with Crippen LogP contribution in [0.2, 0.25) is 0 Å². The first kappa shape index (κ1) is 23.2. The highest BCUT2D eigenvalue weighted by Gasteiger charge is 2.20. The van der Waals surface area contributed by atoms with Gasteiger partial charge in [-0.1, -0.05) is 42.5 Å². The molecule has 0 saturated carbocycles. The Balaban J connectivity index is 0.00000259. The summed E-state index contributed by atoms with van der Waals surface area (Å²) in [5.74, 6) is 1.09. The number of rotatable bonds is 6. The maximum atomic E-state index is 5.89. The average Bonchev–Trinajstić information content (AvgIpc) is 3.41. The van der Waals surface area contributed by atoms with Crippen LogP contribution in [-0.2, 0) is 17.6 Å². The minimum absolute atomic E-state index is 0. The number of aromatic nitrogens is 4. The largest absolute Gasteiger partial charge is 0.389 e. The lowest BCUT2D eigenvalue weighted by molar-refractivity contribution is 0.0707. The van der Waals surface area contributed by atoms with E-state index in [4.69, 9.17) is 28.4 Å². The van der Waals surface area contributed by atoms with Gasteiger partial charge in [0.05, 0.1) is 0 Å². The second-order valence-corrected chi connectivity index (χ2v) is 8.67. The summed E-state index contributed by atoms with van der Waals surface area (Å²) in [6, 6.07) is 15.3. The van der Waals surface area contributed by atoms with Crippen LogP contribution in [0.3, 0.4) is 0 Å². The minimum atomic E-state index is 0. The normalized spacial score (nSPS) is 14.3. The van der Waals surface area contributed by atoms with Crippen LogP contribution in [0.15, 0.2) is 48.7 Å². The fourth-order valence-electron chi connectivity index (χ4n) is 4.47. The van der Waals surface area contributed by atoms with Crippen molar-refractivity contribution in [1.29, 1.82) is 0 Å². The molecule has 33 heavy (non-hydrogen) atoms. The first-order valence-electron chi connectivity index (χ1n) is 10.9. The van der Waals surface area contributed by atoms with Crippen molar-refractivity contribution in [1.82, 2.24) is 19.7 Å². The zero-order chi connectivity index (χ0) is 22.1. The zero-order valence-corrected chi connectivity index (χ0v) is 19.8. The predicted octanol–water partition coefficient (Wildman–Crippen LogP) is 4.20. The number of hydrogen-bond acceptors (Lipinski definition) is 5. The van der Waals surface area contributed by atoms with E-state index in [0.717, 1.165) is 55.8 Å². The van der Waals surface area contributed by atoms with Gasteiger partial charge < -0.3 is 20.8 Å². The first-order chi connectivity index (χ1) is 15.6. The monoisotopic (exact) mass is 482 g/mol. The average molecular weight is 483 g/mol. The molecule has 1 saturated heterocycles. The Morgan fingerprint density at radius 3 is 2.70 bits per heavy atom. The second kappa shape index (κ2) is 9.91. The highest BCUT2D eigenvalue weighted by Crippen LogP contribution is 2.36. The van der Waals surface area contributed by atoms with Crippen molar-refractivity contribution in [2.45, 2.75) is 31.7 Å². The molecule has 0 aliphatic carbocycles. The topological polar surface area (TPSA) is 108 Å². The first-order valence-corrected chi connectivity index (χ1v) is 11.3. The zero-order valence-electron chi connectivity index (χ0n) is 18.2. The third kappa shape index (κ3) is 4.88. The maximum absolute atomic E-state index is 5.89. The molecule has 5 rings (SSSR count). The van der Waals surface area contributed by atoms with Gasteiger partial charge in [0.1, 0.15) is 10.8 Å². The lowest BCUT2D eigenvalue weighted by atomic mass is 10.0. The van der Waals surface area contributed by atoms with E-state index in [1.807, 2.05) is 12.1 Å². The summed E-state index contributed by atoms with van der Waals surface area (Å²) < 4.78 is 8.04. The maximum Gasteiger partial charge on any atom is 0.239 e. The molecular formula is C24H27ClN6OS.